The maximum absolute atomic E-state index is 5.81. The van der Waals surface area contributed by atoms with Gasteiger partial charge in [0.2, 0.25) is 10.3 Å². The Hall–Kier alpha value is -2.73. The first kappa shape index (κ1) is 16.7. The van der Waals surface area contributed by atoms with Crippen LogP contribution < -0.4 is 16.6 Å². The first-order valence-corrected chi connectivity index (χ1v) is 9.65. The van der Waals surface area contributed by atoms with Gasteiger partial charge in [-0.2, -0.15) is 0 Å². The van der Waals surface area contributed by atoms with Gasteiger partial charge >= 0.3 is 0 Å². The number of hydrogen-bond donors (Lipinski definition) is 2. The van der Waals surface area contributed by atoms with E-state index in [1.54, 1.807) is 0 Å². The molecule has 3 heterocycles. The van der Waals surface area contributed by atoms with Crippen LogP contribution >= 0.6 is 23.5 Å². The molecular weight excluding hydrogens is 372 g/mol. The lowest BCUT2D eigenvalue weighted by atomic mass is 10.2. The summed E-state index contributed by atoms with van der Waals surface area (Å²) in [5.41, 5.74) is 2.00. The number of anilines is 1. The Morgan fingerprint density at radius 1 is 0.962 bits per heavy atom. The van der Waals surface area contributed by atoms with Crippen LogP contribution in [0.5, 0.6) is 0 Å². The summed E-state index contributed by atoms with van der Waals surface area (Å²) in [5.74, 6) is 13.0. The van der Waals surface area contributed by atoms with E-state index in [1.165, 1.54) is 45.5 Å². The minimum absolute atomic E-state index is 0.0632. The van der Waals surface area contributed by atoms with E-state index in [-0.39, 0.29) is 6.04 Å². The van der Waals surface area contributed by atoms with Gasteiger partial charge in [0.15, 0.2) is 0 Å². The van der Waals surface area contributed by atoms with E-state index in [4.69, 9.17) is 11.7 Å². The number of fused-ring (bicyclic) bond motifs is 1. The van der Waals surface area contributed by atoms with Gasteiger partial charge < -0.3 is 16.6 Å². The van der Waals surface area contributed by atoms with Crippen LogP contribution in [-0.4, -0.2) is 53.6 Å². The molecule has 0 fully saturated rings. The SMILES string of the molecule is Nn1cnnc1SCC1C=Nc2ccccc2N1CSc1nncn1N. The van der Waals surface area contributed by atoms with Crippen LogP contribution in [0.2, 0.25) is 0 Å². The average Bonchev–Trinajstić information content (AvgIpc) is 3.26. The van der Waals surface area contributed by atoms with Crippen molar-refractivity contribution in [1.29, 1.82) is 0 Å². The molecular formula is C14H16N10S2. The van der Waals surface area contributed by atoms with E-state index in [1.807, 2.05) is 24.4 Å². The lowest BCUT2D eigenvalue weighted by Crippen LogP contribution is -2.40. The van der Waals surface area contributed by atoms with E-state index >= 15 is 0 Å². The number of aliphatic imine (C=N–C) groups is 1. The molecule has 0 aliphatic carbocycles. The van der Waals surface area contributed by atoms with Gasteiger partial charge in [-0.25, -0.2) is 9.35 Å². The summed E-state index contributed by atoms with van der Waals surface area (Å²) in [6.45, 7) is 0. The van der Waals surface area contributed by atoms with Crippen LogP contribution in [0.1, 0.15) is 0 Å². The van der Waals surface area contributed by atoms with Crippen molar-refractivity contribution in [3.05, 3.63) is 36.9 Å². The molecule has 1 aliphatic rings. The molecule has 4 N–H and O–H groups in total. The van der Waals surface area contributed by atoms with Crippen LogP contribution in [0.4, 0.5) is 11.4 Å². The van der Waals surface area contributed by atoms with Gasteiger partial charge in [0.1, 0.15) is 12.7 Å². The van der Waals surface area contributed by atoms with Gasteiger partial charge in [-0.1, -0.05) is 35.7 Å². The van der Waals surface area contributed by atoms with Gasteiger partial charge in [0, 0.05) is 12.0 Å². The monoisotopic (exact) mass is 388 g/mol. The normalized spacial score (nSPS) is 16.0. The predicted octanol–water partition coefficient (Wildman–Crippen LogP) is 0.730. The lowest BCUT2D eigenvalue weighted by Gasteiger charge is -2.34. The molecule has 0 radical (unpaired) electrons. The molecule has 1 atom stereocenters. The zero-order valence-electron chi connectivity index (χ0n) is 13.6. The van der Waals surface area contributed by atoms with Crippen molar-refractivity contribution in [1.82, 2.24) is 29.7 Å². The molecule has 4 rings (SSSR count). The van der Waals surface area contributed by atoms with Gasteiger partial charge in [0.25, 0.3) is 0 Å². The molecule has 10 nitrogen and oxygen atoms in total. The summed E-state index contributed by atoms with van der Waals surface area (Å²) in [4.78, 5) is 6.84. The van der Waals surface area contributed by atoms with Crippen molar-refractivity contribution in [2.24, 2.45) is 4.99 Å². The molecule has 1 aromatic carbocycles. The number of nitrogen functional groups attached to an aromatic ring is 2. The molecule has 26 heavy (non-hydrogen) atoms. The number of rotatable bonds is 6. The Bertz CT molecular complexity index is 920. The molecule has 0 bridgehead atoms. The fourth-order valence-corrected chi connectivity index (χ4v) is 4.27. The highest BCUT2D eigenvalue weighted by atomic mass is 32.2. The summed E-state index contributed by atoms with van der Waals surface area (Å²) in [5, 5.41) is 17.0. The van der Waals surface area contributed by atoms with Crippen molar-refractivity contribution in [2.75, 3.05) is 28.2 Å². The lowest BCUT2D eigenvalue weighted by molar-refractivity contribution is 0.818. The number of thioether (sulfide) groups is 2. The van der Waals surface area contributed by atoms with E-state index in [0.717, 1.165) is 17.1 Å². The molecule has 1 unspecified atom stereocenters. The fraction of sp³-hybridized carbons (Fsp3) is 0.214. The third-order valence-electron chi connectivity index (χ3n) is 3.77. The molecule has 134 valence electrons. The average molecular weight is 388 g/mol. The number of nitrogens with two attached hydrogens (primary N) is 2. The number of hydrogen-bond acceptors (Lipinski definition) is 10. The summed E-state index contributed by atoms with van der Waals surface area (Å²) in [7, 11) is 0. The zero-order valence-corrected chi connectivity index (χ0v) is 15.2. The Morgan fingerprint density at radius 2 is 1.65 bits per heavy atom. The summed E-state index contributed by atoms with van der Waals surface area (Å²) >= 11 is 3.04. The van der Waals surface area contributed by atoms with Gasteiger partial charge in [-0.05, 0) is 12.1 Å². The Balaban J connectivity index is 1.53. The van der Waals surface area contributed by atoms with Crippen molar-refractivity contribution in [3.63, 3.8) is 0 Å². The topological polar surface area (TPSA) is 129 Å². The van der Waals surface area contributed by atoms with Crippen LogP contribution in [0, 0.1) is 0 Å². The smallest absolute Gasteiger partial charge is 0.211 e. The second kappa shape index (κ2) is 7.25. The second-order valence-corrected chi connectivity index (χ2v) is 7.33. The highest BCUT2D eigenvalue weighted by Crippen LogP contribution is 2.35. The fourth-order valence-electron chi connectivity index (χ4n) is 2.50. The zero-order chi connectivity index (χ0) is 17.9. The second-order valence-electron chi connectivity index (χ2n) is 5.43. The van der Waals surface area contributed by atoms with E-state index in [0.29, 0.717) is 16.2 Å². The largest absolute Gasteiger partial charge is 0.351 e. The molecule has 12 heteroatoms. The van der Waals surface area contributed by atoms with Crippen molar-refractivity contribution >= 4 is 41.1 Å². The predicted molar refractivity (Wildman–Crippen MR) is 103 cm³/mol. The van der Waals surface area contributed by atoms with Crippen molar-refractivity contribution in [3.8, 4) is 0 Å². The highest BCUT2D eigenvalue weighted by molar-refractivity contribution is 7.99. The van der Waals surface area contributed by atoms with Gasteiger partial charge in [-0.15, -0.1) is 20.4 Å². The summed E-state index contributed by atoms with van der Waals surface area (Å²) in [6, 6.07) is 8.10. The van der Waals surface area contributed by atoms with Crippen molar-refractivity contribution in [2.45, 2.75) is 16.4 Å². The van der Waals surface area contributed by atoms with E-state index in [9.17, 15) is 0 Å². The number of nitrogens with zero attached hydrogens (tertiary/aromatic N) is 8. The minimum Gasteiger partial charge on any atom is -0.351 e. The van der Waals surface area contributed by atoms with Gasteiger partial charge in [-0.3, -0.25) is 4.99 Å². The molecule has 1 aliphatic heterocycles. The third-order valence-corrected chi connectivity index (χ3v) is 5.79. The number of para-hydroxylation sites is 2. The molecule has 0 amide bonds. The molecule has 0 spiro atoms. The molecule has 0 saturated heterocycles. The Morgan fingerprint density at radius 3 is 2.35 bits per heavy atom. The van der Waals surface area contributed by atoms with Gasteiger partial charge in [0.05, 0.1) is 23.3 Å². The van der Waals surface area contributed by atoms with E-state index in [2.05, 4.69) is 36.4 Å². The molecule has 3 aromatic rings. The Labute approximate surface area is 157 Å². The highest BCUT2D eigenvalue weighted by Gasteiger charge is 2.25. The van der Waals surface area contributed by atoms with Crippen molar-refractivity contribution < 1.29 is 0 Å². The van der Waals surface area contributed by atoms with Crippen LogP contribution in [0.25, 0.3) is 0 Å². The maximum Gasteiger partial charge on any atom is 0.211 e. The number of aromatic nitrogens is 6. The first-order chi connectivity index (χ1) is 12.7. The quantitative estimate of drug-likeness (QED) is 0.463. The Kier molecular flexibility index (Phi) is 4.67. The minimum atomic E-state index is 0.0632. The van der Waals surface area contributed by atoms with E-state index < -0.39 is 0 Å². The standard InChI is InChI=1S/C14H16N10S2/c15-23-7-18-20-13(23)25-6-10-5-17-11-3-1-2-4-12(11)22(10)9-26-14-21-19-8-24(14)16/h1-5,7-8,10H,6,9,15-16H2. The molecule has 0 saturated carbocycles. The first-order valence-electron chi connectivity index (χ1n) is 7.68. The maximum atomic E-state index is 5.81. The van der Waals surface area contributed by atoms with Crippen LogP contribution in [0.15, 0.2) is 52.2 Å². The number of benzene rings is 1. The summed E-state index contributed by atoms with van der Waals surface area (Å²) in [6.07, 6.45) is 4.91. The third kappa shape index (κ3) is 3.32. The van der Waals surface area contributed by atoms with Crippen LogP contribution in [-0.2, 0) is 0 Å². The summed E-state index contributed by atoms with van der Waals surface area (Å²) < 4.78 is 2.82. The van der Waals surface area contributed by atoms with Crippen LogP contribution in [0.3, 0.4) is 0 Å². The molecule has 2 aromatic heterocycles.